The first kappa shape index (κ1) is 14.1. The van der Waals surface area contributed by atoms with Crippen LogP contribution >= 0.6 is 22.6 Å². The van der Waals surface area contributed by atoms with Crippen molar-refractivity contribution >= 4 is 39.2 Å². The van der Waals surface area contributed by atoms with E-state index in [0.717, 1.165) is 32.5 Å². The molecule has 0 saturated heterocycles. The lowest BCUT2D eigenvalue weighted by Gasteiger charge is -2.13. The van der Waals surface area contributed by atoms with E-state index in [1.807, 2.05) is 24.4 Å². The summed E-state index contributed by atoms with van der Waals surface area (Å²) >= 11 is 2.31. The van der Waals surface area contributed by atoms with Gasteiger partial charge >= 0.3 is 0 Å². The minimum Gasteiger partial charge on any atom is -0.494 e. The van der Waals surface area contributed by atoms with Crippen molar-refractivity contribution < 1.29 is 4.74 Å². The number of ether oxygens (including phenoxy) is 1. The normalized spacial score (nSPS) is 10.6. The number of nitrogens with zero attached hydrogens (tertiary/aromatic N) is 1. The van der Waals surface area contributed by atoms with Gasteiger partial charge in [0.2, 0.25) is 0 Å². The minimum absolute atomic E-state index is 0.785. The SMILES string of the molecule is COc1cccc2c(NCc3ccccc3)c(I)cnc12. The fraction of sp³-hybridized carbons (Fsp3) is 0.118. The van der Waals surface area contributed by atoms with Crippen molar-refractivity contribution in [2.75, 3.05) is 12.4 Å². The lowest BCUT2D eigenvalue weighted by molar-refractivity contribution is 0.419. The van der Waals surface area contributed by atoms with Crippen molar-refractivity contribution in [3.63, 3.8) is 0 Å². The summed E-state index contributed by atoms with van der Waals surface area (Å²) in [5, 5.41) is 4.60. The standard InChI is InChI=1S/C17H15IN2O/c1-21-15-9-5-8-13-16(14(18)11-20-17(13)15)19-10-12-6-3-2-4-7-12/h2-9,11H,10H2,1H3,(H,19,20). The molecule has 0 aliphatic rings. The molecule has 0 unspecified atom stereocenters. The van der Waals surface area contributed by atoms with Crippen LogP contribution in [0.4, 0.5) is 5.69 Å². The fourth-order valence-corrected chi connectivity index (χ4v) is 2.92. The van der Waals surface area contributed by atoms with E-state index in [1.165, 1.54) is 5.56 Å². The van der Waals surface area contributed by atoms with Crippen LogP contribution in [-0.4, -0.2) is 12.1 Å². The number of rotatable bonds is 4. The Morgan fingerprint density at radius 1 is 1.10 bits per heavy atom. The van der Waals surface area contributed by atoms with E-state index in [1.54, 1.807) is 7.11 Å². The first-order valence-corrected chi connectivity index (χ1v) is 7.76. The van der Waals surface area contributed by atoms with E-state index in [0.29, 0.717) is 0 Å². The van der Waals surface area contributed by atoms with Gasteiger partial charge in [-0.05, 0) is 34.2 Å². The first-order valence-electron chi connectivity index (χ1n) is 6.68. The molecule has 21 heavy (non-hydrogen) atoms. The largest absolute Gasteiger partial charge is 0.494 e. The summed E-state index contributed by atoms with van der Waals surface area (Å²) in [6.07, 6.45) is 1.87. The maximum atomic E-state index is 5.39. The third kappa shape index (κ3) is 2.95. The first-order chi connectivity index (χ1) is 10.3. The van der Waals surface area contributed by atoms with Crippen molar-refractivity contribution in [3.05, 3.63) is 63.9 Å². The molecular weight excluding hydrogens is 375 g/mol. The van der Waals surface area contributed by atoms with E-state index in [9.17, 15) is 0 Å². The number of pyridine rings is 1. The van der Waals surface area contributed by atoms with Gasteiger partial charge in [-0.25, -0.2) is 0 Å². The summed E-state index contributed by atoms with van der Waals surface area (Å²) in [5.74, 6) is 0.798. The van der Waals surface area contributed by atoms with Crippen LogP contribution in [-0.2, 0) is 6.54 Å². The average Bonchev–Trinajstić information content (AvgIpc) is 2.54. The van der Waals surface area contributed by atoms with Gasteiger partial charge < -0.3 is 10.1 Å². The highest BCUT2D eigenvalue weighted by Gasteiger charge is 2.10. The molecule has 3 rings (SSSR count). The molecule has 106 valence electrons. The van der Waals surface area contributed by atoms with Gasteiger partial charge in [0, 0.05) is 18.1 Å². The Morgan fingerprint density at radius 3 is 2.67 bits per heavy atom. The average molecular weight is 390 g/mol. The van der Waals surface area contributed by atoms with Crippen molar-refractivity contribution in [2.24, 2.45) is 0 Å². The molecule has 0 radical (unpaired) electrons. The van der Waals surface area contributed by atoms with Gasteiger partial charge in [-0.15, -0.1) is 0 Å². The molecule has 0 bridgehead atoms. The highest BCUT2D eigenvalue weighted by molar-refractivity contribution is 14.1. The van der Waals surface area contributed by atoms with Crippen molar-refractivity contribution in [1.82, 2.24) is 4.98 Å². The van der Waals surface area contributed by atoms with Crippen molar-refractivity contribution in [3.8, 4) is 5.75 Å². The maximum Gasteiger partial charge on any atom is 0.145 e. The van der Waals surface area contributed by atoms with Crippen LogP contribution in [0.25, 0.3) is 10.9 Å². The highest BCUT2D eigenvalue weighted by atomic mass is 127. The van der Waals surface area contributed by atoms with Crippen LogP contribution in [0.3, 0.4) is 0 Å². The zero-order chi connectivity index (χ0) is 14.7. The third-order valence-corrected chi connectivity index (χ3v) is 4.16. The molecule has 2 aromatic carbocycles. The molecule has 3 nitrogen and oxygen atoms in total. The predicted octanol–water partition coefficient (Wildman–Crippen LogP) is 4.46. The summed E-state index contributed by atoms with van der Waals surface area (Å²) in [5.41, 5.74) is 3.24. The zero-order valence-corrected chi connectivity index (χ0v) is 13.8. The van der Waals surface area contributed by atoms with E-state index >= 15 is 0 Å². The van der Waals surface area contributed by atoms with Gasteiger partial charge in [0.25, 0.3) is 0 Å². The van der Waals surface area contributed by atoms with Crippen LogP contribution in [0.5, 0.6) is 5.75 Å². The predicted molar refractivity (Wildman–Crippen MR) is 94.8 cm³/mol. The van der Waals surface area contributed by atoms with Crippen LogP contribution in [0.1, 0.15) is 5.56 Å². The van der Waals surface area contributed by atoms with Gasteiger partial charge in [-0.2, -0.15) is 0 Å². The monoisotopic (exact) mass is 390 g/mol. The number of anilines is 1. The topological polar surface area (TPSA) is 34.1 Å². The second-order valence-electron chi connectivity index (χ2n) is 4.68. The molecule has 0 saturated carbocycles. The summed E-state index contributed by atoms with van der Waals surface area (Å²) in [4.78, 5) is 4.49. The minimum atomic E-state index is 0.785. The van der Waals surface area contributed by atoms with E-state index < -0.39 is 0 Å². The number of aromatic nitrogens is 1. The molecule has 0 aliphatic heterocycles. The molecule has 0 spiro atoms. The number of para-hydroxylation sites is 1. The van der Waals surface area contributed by atoms with E-state index in [4.69, 9.17) is 4.74 Å². The number of hydrogen-bond acceptors (Lipinski definition) is 3. The van der Waals surface area contributed by atoms with Gasteiger partial charge in [0.1, 0.15) is 11.3 Å². The molecular formula is C17H15IN2O. The Balaban J connectivity index is 1.99. The molecule has 0 aliphatic carbocycles. The Hall–Kier alpha value is -1.82. The summed E-state index contributed by atoms with van der Waals surface area (Å²) in [7, 11) is 1.67. The van der Waals surface area contributed by atoms with Gasteiger partial charge in [0.15, 0.2) is 0 Å². The Bertz CT molecular complexity index is 759. The number of nitrogens with one attached hydrogen (secondary N) is 1. The Morgan fingerprint density at radius 2 is 1.90 bits per heavy atom. The summed E-state index contributed by atoms with van der Waals surface area (Å²) in [6.45, 7) is 0.785. The lowest BCUT2D eigenvalue weighted by Crippen LogP contribution is -2.02. The van der Waals surface area contributed by atoms with E-state index in [2.05, 4.69) is 63.2 Å². The maximum absolute atomic E-state index is 5.39. The number of halogens is 1. The number of fused-ring (bicyclic) bond motifs is 1. The summed E-state index contributed by atoms with van der Waals surface area (Å²) < 4.78 is 6.49. The molecule has 4 heteroatoms. The molecule has 1 heterocycles. The third-order valence-electron chi connectivity index (χ3n) is 3.35. The molecule has 0 atom stereocenters. The van der Waals surface area contributed by atoms with E-state index in [-0.39, 0.29) is 0 Å². The Labute approximate surface area is 137 Å². The van der Waals surface area contributed by atoms with Crippen LogP contribution in [0.2, 0.25) is 0 Å². The zero-order valence-electron chi connectivity index (χ0n) is 11.6. The number of hydrogen-bond donors (Lipinski definition) is 1. The van der Waals surface area contributed by atoms with Crippen molar-refractivity contribution in [2.45, 2.75) is 6.54 Å². The number of benzene rings is 2. The van der Waals surface area contributed by atoms with Crippen molar-refractivity contribution in [1.29, 1.82) is 0 Å². The molecule has 1 aromatic heterocycles. The molecule has 1 N–H and O–H groups in total. The number of methoxy groups -OCH3 is 1. The molecule has 0 amide bonds. The fourth-order valence-electron chi connectivity index (χ4n) is 2.30. The lowest BCUT2D eigenvalue weighted by atomic mass is 10.1. The van der Waals surface area contributed by atoms with Crippen LogP contribution < -0.4 is 10.1 Å². The highest BCUT2D eigenvalue weighted by Crippen LogP contribution is 2.32. The molecule has 3 aromatic rings. The second-order valence-corrected chi connectivity index (χ2v) is 5.84. The molecule has 0 fully saturated rings. The van der Waals surface area contributed by atoms with Gasteiger partial charge in [-0.1, -0.05) is 42.5 Å². The van der Waals surface area contributed by atoms with Gasteiger partial charge in [0.05, 0.1) is 16.4 Å². The second kappa shape index (κ2) is 6.30. The van der Waals surface area contributed by atoms with Crippen LogP contribution in [0, 0.1) is 3.57 Å². The summed E-state index contributed by atoms with van der Waals surface area (Å²) in [6, 6.07) is 16.4. The smallest absolute Gasteiger partial charge is 0.145 e. The quantitative estimate of drug-likeness (QED) is 0.668. The van der Waals surface area contributed by atoms with Gasteiger partial charge in [-0.3, -0.25) is 4.98 Å². The Kier molecular flexibility index (Phi) is 4.24. The van der Waals surface area contributed by atoms with Crippen LogP contribution in [0.15, 0.2) is 54.7 Å².